The zero-order chi connectivity index (χ0) is 22.7. The van der Waals surface area contributed by atoms with Gasteiger partial charge in [-0.3, -0.25) is 9.69 Å². The number of rotatable bonds is 6. The van der Waals surface area contributed by atoms with Crippen LogP contribution >= 0.6 is 11.3 Å². The lowest BCUT2D eigenvalue weighted by Crippen LogP contribution is -2.44. The number of benzene rings is 2. The number of carbonyl (C=O) groups is 2. The second kappa shape index (κ2) is 9.27. The molecule has 0 radical (unpaired) electrons. The van der Waals surface area contributed by atoms with E-state index in [1.54, 1.807) is 49.7 Å². The minimum Gasteiger partial charge on any atom is -0.495 e. The number of hydrogen-bond acceptors (Lipinski definition) is 8. The summed E-state index contributed by atoms with van der Waals surface area (Å²) in [6.07, 6.45) is -1.38. The van der Waals surface area contributed by atoms with E-state index in [2.05, 4.69) is 4.98 Å². The maximum atomic E-state index is 12.6. The van der Waals surface area contributed by atoms with Crippen LogP contribution in [0.5, 0.6) is 17.2 Å². The van der Waals surface area contributed by atoms with Crippen LogP contribution in [0.15, 0.2) is 53.9 Å². The molecule has 8 nitrogen and oxygen atoms in total. The van der Waals surface area contributed by atoms with Gasteiger partial charge in [0.25, 0.3) is 0 Å². The van der Waals surface area contributed by atoms with E-state index in [9.17, 15) is 9.59 Å². The van der Waals surface area contributed by atoms with Crippen molar-refractivity contribution in [1.82, 2.24) is 4.98 Å². The second-order valence-electron chi connectivity index (χ2n) is 7.06. The lowest BCUT2D eigenvalue weighted by atomic mass is 10.2. The first-order chi connectivity index (χ1) is 15.5. The van der Waals surface area contributed by atoms with E-state index in [1.807, 2.05) is 18.2 Å². The number of fused-ring (bicyclic) bond motifs is 1. The van der Waals surface area contributed by atoms with E-state index in [1.165, 1.54) is 23.2 Å². The molecule has 0 saturated carbocycles. The minimum absolute atomic E-state index is 0.0543. The van der Waals surface area contributed by atoms with Gasteiger partial charge in [0.2, 0.25) is 12.0 Å². The number of carbonyl (C=O) groups excluding carboxylic acids is 2. The highest BCUT2D eigenvalue weighted by Crippen LogP contribution is 2.36. The van der Waals surface area contributed by atoms with Crippen molar-refractivity contribution in [2.75, 3.05) is 12.0 Å². The quantitative estimate of drug-likeness (QED) is 0.518. The summed E-state index contributed by atoms with van der Waals surface area (Å²) in [4.78, 5) is 30.9. The lowest BCUT2D eigenvalue weighted by molar-refractivity contribution is -0.159. The standard InChI is InChI=1S/C23H22N2O6S/c1-14-21(31-20-11-7-6-10-19(20)30-14)22(27)29-12-16-13-32-23(24-16)25(15(2)26)17-8-4-5-9-18(17)28-3/h4-11,13-14,21H,12H2,1-3H3/t14-,21+/m0/s1. The summed E-state index contributed by atoms with van der Waals surface area (Å²) in [5.74, 6) is 0.878. The molecule has 3 aromatic rings. The van der Waals surface area contributed by atoms with Crippen LogP contribution in [0.25, 0.3) is 0 Å². The Morgan fingerprint density at radius 2 is 1.78 bits per heavy atom. The van der Waals surface area contributed by atoms with E-state index in [4.69, 9.17) is 18.9 Å². The topological polar surface area (TPSA) is 87.2 Å². The Bertz CT molecular complexity index is 1130. The van der Waals surface area contributed by atoms with Crippen LogP contribution in [-0.2, 0) is 20.9 Å². The summed E-state index contributed by atoms with van der Waals surface area (Å²) in [5, 5.41) is 2.19. The van der Waals surface area contributed by atoms with Crippen LogP contribution < -0.4 is 19.1 Å². The Hall–Kier alpha value is -3.59. The number of hydrogen-bond donors (Lipinski definition) is 0. The number of anilines is 2. The van der Waals surface area contributed by atoms with Crippen molar-refractivity contribution in [2.24, 2.45) is 0 Å². The Balaban J connectivity index is 1.45. The summed E-state index contributed by atoms with van der Waals surface area (Å²) in [7, 11) is 1.54. The third-order valence-corrected chi connectivity index (χ3v) is 5.68. The van der Waals surface area contributed by atoms with Crippen LogP contribution in [-0.4, -0.2) is 36.2 Å². The van der Waals surface area contributed by atoms with Gasteiger partial charge in [0.1, 0.15) is 18.5 Å². The average Bonchev–Trinajstić information content (AvgIpc) is 3.25. The molecule has 0 bridgehead atoms. The first-order valence-electron chi connectivity index (χ1n) is 9.95. The molecule has 1 aromatic heterocycles. The van der Waals surface area contributed by atoms with Crippen molar-refractivity contribution in [3.05, 3.63) is 59.6 Å². The fraction of sp³-hybridized carbons (Fsp3) is 0.261. The molecule has 2 heterocycles. The molecular formula is C23H22N2O6S. The predicted molar refractivity (Wildman–Crippen MR) is 119 cm³/mol. The highest BCUT2D eigenvalue weighted by Gasteiger charge is 2.35. The van der Waals surface area contributed by atoms with Crippen LogP contribution in [0.3, 0.4) is 0 Å². The molecule has 0 unspecified atom stereocenters. The van der Waals surface area contributed by atoms with E-state index in [0.717, 1.165) is 0 Å². The van der Waals surface area contributed by atoms with Gasteiger partial charge in [0.15, 0.2) is 16.6 Å². The van der Waals surface area contributed by atoms with Crippen molar-refractivity contribution in [3.8, 4) is 17.2 Å². The molecule has 9 heteroatoms. The molecule has 1 aliphatic rings. The van der Waals surface area contributed by atoms with E-state index in [-0.39, 0.29) is 12.5 Å². The smallest absolute Gasteiger partial charge is 0.351 e. The third-order valence-electron chi connectivity index (χ3n) is 4.81. The lowest BCUT2D eigenvalue weighted by Gasteiger charge is -2.30. The summed E-state index contributed by atoms with van der Waals surface area (Å²) < 4.78 is 22.3. The Kier molecular flexibility index (Phi) is 6.27. The number of ether oxygens (including phenoxy) is 4. The number of aromatic nitrogens is 1. The highest BCUT2D eigenvalue weighted by atomic mass is 32.1. The minimum atomic E-state index is -0.884. The summed E-state index contributed by atoms with van der Waals surface area (Å²) in [6.45, 7) is 3.15. The number of amides is 1. The van der Waals surface area contributed by atoms with Crippen molar-refractivity contribution < 1.29 is 28.5 Å². The monoisotopic (exact) mass is 454 g/mol. The van der Waals surface area contributed by atoms with Crippen molar-refractivity contribution in [1.29, 1.82) is 0 Å². The first kappa shape index (κ1) is 21.6. The van der Waals surface area contributed by atoms with Crippen LogP contribution in [0.2, 0.25) is 0 Å². The fourth-order valence-electron chi connectivity index (χ4n) is 3.29. The first-order valence-corrected chi connectivity index (χ1v) is 10.8. The second-order valence-corrected chi connectivity index (χ2v) is 7.90. The molecule has 1 aliphatic heterocycles. The molecule has 2 aromatic carbocycles. The zero-order valence-corrected chi connectivity index (χ0v) is 18.6. The predicted octanol–water partition coefficient (Wildman–Crippen LogP) is 4.11. The zero-order valence-electron chi connectivity index (χ0n) is 17.8. The van der Waals surface area contributed by atoms with E-state index in [0.29, 0.717) is 33.8 Å². The van der Waals surface area contributed by atoms with Gasteiger partial charge in [0, 0.05) is 12.3 Å². The largest absolute Gasteiger partial charge is 0.495 e. The molecule has 0 fully saturated rings. The van der Waals surface area contributed by atoms with Gasteiger partial charge in [-0.15, -0.1) is 11.3 Å². The van der Waals surface area contributed by atoms with Gasteiger partial charge >= 0.3 is 5.97 Å². The number of thiazole rings is 1. The summed E-state index contributed by atoms with van der Waals surface area (Å²) in [6, 6.07) is 14.4. The Morgan fingerprint density at radius 1 is 1.09 bits per heavy atom. The fourth-order valence-corrected chi connectivity index (χ4v) is 4.16. The summed E-state index contributed by atoms with van der Waals surface area (Å²) >= 11 is 1.27. The normalized spacial score (nSPS) is 16.8. The molecule has 166 valence electrons. The molecule has 32 heavy (non-hydrogen) atoms. The molecule has 0 saturated heterocycles. The van der Waals surface area contributed by atoms with Gasteiger partial charge in [-0.1, -0.05) is 24.3 Å². The Morgan fingerprint density at radius 3 is 2.50 bits per heavy atom. The van der Waals surface area contributed by atoms with E-state index >= 15 is 0 Å². The van der Waals surface area contributed by atoms with E-state index < -0.39 is 18.2 Å². The Labute approximate surface area is 189 Å². The van der Waals surface area contributed by atoms with Crippen LogP contribution in [0.1, 0.15) is 19.5 Å². The number of esters is 1. The van der Waals surface area contributed by atoms with Crippen LogP contribution in [0.4, 0.5) is 10.8 Å². The number of nitrogens with zero attached hydrogens (tertiary/aromatic N) is 2. The third kappa shape index (κ3) is 4.38. The van der Waals surface area contributed by atoms with Crippen molar-refractivity contribution >= 4 is 34.0 Å². The highest BCUT2D eigenvalue weighted by molar-refractivity contribution is 7.14. The molecule has 0 aliphatic carbocycles. The van der Waals surface area contributed by atoms with Gasteiger partial charge < -0.3 is 18.9 Å². The molecule has 1 amide bonds. The van der Waals surface area contributed by atoms with Gasteiger partial charge in [-0.2, -0.15) is 0 Å². The van der Waals surface area contributed by atoms with Gasteiger partial charge in [-0.05, 0) is 31.2 Å². The average molecular weight is 455 g/mol. The van der Waals surface area contributed by atoms with Crippen molar-refractivity contribution in [3.63, 3.8) is 0 Å². The molecule has 0 spiro atoms. The molecule has 4 rings (SSSR count). The SMILES string of the molecule is COc1ccccc1N(C(C)=O)c1nc(COC(=O)[C@@H]2Oc3ccccc3O[C@H]2C)cs1. The number of methoxy groups -OCH3 is 1. The molecule has 2 atom stereocenters. The van der Waals surface area contributed by atoms with Gasteiger partial charge in [0.05, 0.1) is 18.5 Å². The maximum Gasteiger partial charge on any atom is 0.351 e. The maximum absolute atomic E-state index is 12.6. The van der Waals surface area contributed by atoms with Crippen molar-refractivity contribution in [2.45, 2.75) is 32.7 Å². The van der Waals surface area contributed by atoms with Gasteiger partial charge in [-0.25, -0.2) is 9.78 Å². The molecular weight excluding hydrogens is 432 g/mol. The number of para-hydroxylation sites is 4. The summed E-state index contributed by atoms with van der Waals surface area (Å²) in [5.41, 5.74) is 1.10. The molecule has 0 N–H and O–H groups in total. The van der Waals surface area contributed by atoms with Crippen LogP contribution in [0, 0.1) is 0 Å².